The summed E-state index contributed by atoms with van der Waals surface area (Å²) in [6, 6.07) is 15.6. The van der Waals surface area contributed by atoms with Gasteiger partial charge in [0.1, 0.15) is 11.3 Å². The molecule has 0 atom stereocenters. The van der Waals surface area contributed by atoms with E-state index in [0.717, 1.165) is 36.2 Å². The number of oxime groups is 1. The molecule has 3 heteroatoms. The number of rotatable bonds is 7. The van der Waals surface area contributed by atoms with Crippen molar-refractivity contribution in [1.29, 1.82) is 0 Å². The number of hydrogen-bond acceptors (Lipinski definition) is 3. The summed E-state index contributed by atoms with van der Waals surface area (Å²) in [5.41, 5.74) is 6.56. The summed E-state index contributed by atoms with van der Waals surface area (Å²) in [6.07, 6.45) is 6.69. The van der Waals surface area contributed by atoms with Crippen LogP contribution in [0, 0.1) is 0 Å². The molecule has 0 unspecified atom stereocenters. The molecule has 0 bridgehead atoms. The number of hydrogen-bond donors (Lipinski definition) is 1. The molecule has 3 rings (SSSR count). The molecular weight excluding hydrogens is 344 g/mol. The predicted octanol–water partition coefficient (Wildman–Crippen LogP) is 6.03. The number of benzene rings is 2. The van der Waals surface area contributed by atoms with Crippen molar-refractivity contribution < 1.29 is 4.84 Å². The highest BCUT2D eigenvalue weighted by Crippen LogP contribution is 2.37. The molecular formula is C25H32N2O. The smallest absolute Gasteiger partial charge is 0.129 e. The van der Waals surface area contributed by atoms with E-state index in [4.69, 9.17) is 4.84 Å². The van der Waals surface area contributed by atoms with Gasteiger partial charge in [0.2, 0.25) is 0 Å². The average Bonchev–Trinajstić information content (AvgIpc) is 2.95. The second kappa shape index (κ2) is 8.74. The zero-order valence-corrected chi connectivity index (χ0v) is 17.8. The second-order valence-electron chi connectivity index (χ2n) is 8.65. The van der Waals surface area contributed by atoms with Crippen molar-refractivity contribution in [3.63, 3.8) is 0 Å². The van der Waals surface area contributed by atoms with E-state index >= 15 is 0 Å². The molecule has 0 aromatic heterocycles. The van der Waals surface area contributed by atoms with E-state index in [0.29, 0.717) is 6.04 Å². The quantitative estimate of drug-likeness (QED) is 0.404. The molecule has 0 spiro atoms. The van der Waals surface area contributed by atoms with Crippen LogP contribution in [0.2, 0.25) is 0 Å². The van der Waals surface area contributed by atoms with Crippen LogP contribution in [-0.4, -0.2) is 23.9 Å². The molecule has 3 nitrogen and oxygen atoms in total. The van der Waals surface area contributed by atoms with E-state index in [-0.39, 0.29) is 5.60 Å². The lowest BCUT2D eigenvalue weighted by molar-refractivity contribution is 0.00121. The minimum absolute atomic E-state index is 0.313. The van der Waals surface area contributed by atoms with Gasteiger partial charge in [0, 0.05) is 17.2 Å². The summed E-state index contributed by atoms with van der Waals surface area (Å²) in [7, 11) is 0. The highest BCUT2D eigenvalue weighted by molar-refractivity contribution is 6.24. The fraction of sp³-hybridized carbons (Fsp3) is 0.400. The molecule has 2 aromatic rings. The van der Waals surface area contributed by atoms with Gasteiger partial charge in [-0.2, -0.15) is 0 Å². The predicted molar refractivity (Wildman–Crippen MR) is 120 cm³/mol. The topological polar surface area (TPSA) is 33.6 Å². The van der Waals surface area contributed by atoms with Gasteiger partial charge in [-0.15, -0.1) is 0 Å². The molecule has 1 aliphatic carbocycles. The standard InChI is InChI=1S/C25H32N2O/c1-18(2)26-16-10-6-7-11-19-14-15-21-20-12-8-9-13-22(20)24(23(21)17-19)27-28-25(3,4)5/h7-9,11-15,17-18,26H,6,10,16H2,1-5H3. The molecule has 148 valence electrons. The van der Waals surface area contributed by atoms with E-state index in [1.54, 1.807) is 0 Å². The molecule has 1 N–H and O–H groups in total. The Balaban J connectivity index is 1.80. The summed E-state index contributed by atoms with van der Waals surface area (Å²) in [5.74, 6) is 0. The lowest BCUT2D eigenvalue weighted by atomic mass is 10.0. The van der Waals surface area contributed by atoms with Crippen LogP contribution in [-0.2, 0) is 4.84 Å². The molecule has 1 aliphatic rings. The summed E-state index contributed by atoms with van der Waals surface area (Å²) in [4.78, 5) is 5.77. The zero-order chi connectivity index (χ0) is 20.1. The van der Waals surface area contributed by atoms with Gasteiger partial charge in [-0.05, 0) is 62.9 Å². The third kappa shape index (κ3) is 5.11. The van der Waals surface area contributed by atoms with Gasteiger partial charge < -0.3 is 10.2 Å². The Hall–Kier alpha value is -2.39. The fourth-order valence-corrected chi connectivity index (χ4v) is 3.28. The Bertz CT molecular complexity index is 872. The Kier molecular flexibility index (Phi) is 6.35. The van der Waals surface area contributed by atoms with E-state index in [1.807, 2.05) is 20.8 Å². The Morgan fingerprint density at radius 1 is 1.00 bits per heavy atom. The summed E-state index contributed by atoms with van der Waals surface area (Å²) < 4.78 is 0. The van der Waals surface area contributed by atoms with Gasteiger partial charge in [0.05, 0.1) is 0 Å². The maximum Gasteiger partial charge on any atom is 0.129 e. The Labute approximate surface area is 169 Å². The van der Waals surface area contributed by atoms with Gasteiger partial charge in [0.25, 0.3) is 0 Å². The zero-order valence-electron chi connectivity index (χ0n) is 17.8. The van der Waals surface area contributed by atoms with E-state index < -0.39 is 0 Å². The van der Waals surface area contributed by atoms with Gasteiger partial charge in [-0.1, -0.05) is 67.6 Å². The Morgan fingerprint density at radius 2 is 1.71 bits per heavy atom. The van der Waals surface area contributed by atoms with Crippen LogP contribution in [0.15, 0.2) is 53.7 Å². The minimum atomic E-state index is -0.313. The number of nitrogens with one attached hydrogen (secondary N) is 1. The SMILES string of the molecule is CC(C)NCCCC=Cc1ccc2c(c1)C(=NOC(C)(C)C)c1ccccc1-2. The van der Waals surface area contributed by atoms with Crippen molar-refractivity contribution in [2.45, 2.75) is 59.1 Å². The molecule has 0 radical (unpaired) electrons. The molecule has 0 fully saturated rings. The maximum atomic E-state index is 5.77. The van der Waals surface area contributed by atoms with Crippen LogP contribution in [0.3, 0.4) is 0 Å². The first-order valence-electron chi connectivity index (χ1n) is 10.3. The molecule has 0 amide bonds. The van der Waals surface area contributed by atoms with Crippen molar-refractivity contribution in [1.82, 2.24) is 5.32 Å². The average molecular weight is 377 g/mol. The second-order valence-corrected chi connectivity index (χ2v) is 8.65. The van der Waals surface area contributed by atoms with Gasteiger partial charge in [-0.25, -0.2) is 0 Å². The van der Waals surface area contributed by atoms with Crippen LogP contribution in [0.1, 0.15) is 64.2 Å². The largest absolute Gasteiger partial charge is 0.390 e. The maximum absolute atomic E-state index is 5.77. The Morgan fingerprint density at radius 3 is 2.43 bits per heavy atom. The van der Waals surface area contributed by atoms with Gasteiger partial charge in [-0.3, -0.25) is 0 Å². The molecule has 0 heterocycles. The molecule has 0 saturated carbocycles. The summed E-state index contributed by atoms with van der Waals surface area (Å²) in [5, 5.41) is 8.00. The van der Waals surface area contributed by atoms with Crippen LogP contribution in [0.25, 0.3) is 17.2 Å². The number of allylic oxidation sites excluding steroid dienone is 1. The number of nitrogens with zero attached hydrogens (tertiary/aromatic N) is 1. The molecule has 28 heavy (non-hydrogen) atoms. The van der Waals surface area contributed by atoms with Crippen LogP contribution in [0.5, 0.6) is 0 Å². The van der Waals surface area contributed by atoms with E-state index in [1.165, 1.54) is 16.7 Å². The van der Waals surface area contributed by atoms with Crippen LogP contribution in [0.4, 0.5) is 0 Å². The fourth-order valence-electron chi connectivity index (χ4n) is 3.28. The van der Waals surface area contributed by atoms with Crippen molar-refractivity contribution in [2.24, 2.45) is 5.16 Å². The molecule has 2 aromatic carbocycles. The molecule has 0 aliphatic heterocycles. The third-order valence-electron chi connectivity index (χ3n) is 4.59. The summed E-state index contributed by atoms with van der Waals surface area (Å²) in [6.45, 7) is 11.5. The van der Waals surface area contributed by atoms with E-state index in [2.05, 4.69) is 78.9 Å². The first-order valence-corrected chi connectivity index (χ1v) is 10.3. The lowest BCUT2D eigenvalue weighted by Crippen LogP contribution is -2.23. The first kappa shape index (κ1) is 20.3. The first-order chi connectivity index (χ1) is 13.3. The highest BCUT2D eigenvalue weighted by Gasteiger charge is 2.26. The minimum Gasteiger partial charge on any atom is -0.390 e. The summed E-state index contributed by atoms with van der Waals surface area (Å²) >= 11 is 0. The normalized spacial score (nSPS) is 14.7. The van der Waals surface area contributed by atoms with Crippen LogP contribution >= 0.6 is 0 Å². The number of unbranched alkanes of at least 4 members (excludes halogenated alkanes) is 1. The van der Waals surface area contributed by atoms with Crippen molar-refractivity contribution in [2.75, 3.05) is 6.54 Å². The van der Waals surface area contributed by atoms with E-state index in [9.17, 15) is 0 Å². The van der Waals surface area contributed by atoms with Crippen molar-refractivity contribution in [3.05, 3.63) is 65.2 Å². The van der Waals surface area contributed by atoms with Crippen molar-refractivity contribution in [3.8, 4) is 11.1 Å². The number of fused-ring (bicyclic) bond motifs is 3. The van der Waals surface area contributed by atoms with Gasteiger partial charge in [0.15, 0.2) is 0 Å². The highest BCUT2D eigenvalue weighted by atomic mass is 16.6. The van der Waals surface area contributed by atoms with Crippen molar-refractivity contribution >= 4 is 11.8 Å². The lowest BCUT2D eigenvalue weighted by Gasteiger charge is -2.16. The monoisotopic (exact) mass is 376 g/mol. The molecule has 0 saturated heterocycles. The van der Waals surface area contributed by atoms with Gasteiger partial charge >= 0.3 is 0 Å². The third-order valence-corrected chi connectivity index (χ3v) is 4.59. The van der Waals surface area contributed by atoms with Crippen LogP contribution < -0.4 is 5.32 Å².